The summed E-state index contributed by atoms with van der Waals surface area (Å²) < 4.78 is 4.80. The molecule has 0 fully saturated rings. The van der Waals surface area contributed by atoms with Gasteiger partial charge in [0.1, 0.15) is 6.54 Å². The van der Waals surface area contributed by atoms with Gasteiger partial charge in [-0.15, -0.1) is 0 Å². The summed E-state index contributed by atoms with van der Waals surface area (Å²) in [5.74, 6) is -0.413. The molecule has 5 heteroatoms. The second-order valence-electron chi connectivity index (χ2n) is 4.70. The van der Waals surface area contributed by atoms with E-state index < -0.39 is 5.97 Å². The highest BCUT2D eigenvalue weighted by molar-refractivity contribution is 5.94. The average Bonchev–Trinajstić information content (AvgIpc) is 2.67. The lowest BCUT2D eigenvalue weighted by Crippen LogP contribution is -2.43. The molecule has 2 amide bonds. The average molecular weight is 276 g/mol. The number of para-hydroxylation sites is 1. The van der Waals surface area contributed by atoms with E-state index in [1.165, 1.54) is 5.56 Å². The van der Waals surface area contributed by atoms with Crippen LogP contribution < -0.4 is 10.2 Å². The van der Waals surface area contributed by atoms with E-state index in [-0.39, 0.29) is 12.6 Å². The summed E-state index contributed by atoms with van der Waals surface area (Å²) in [6.07, 6.45) is 3.01. The zero-order chi connectivity index (χ0) is 14.4. The minimum atomic E-state index is -0.413. The minimum absolute atomic E-state index is 0.0919. The van der Waals surface area contributed by atoms with Crippen LogP contribution in [0.3, 0.4) is 0 Å². The molecule has 1 aliphatic rings. The number of amides is 2. The van der Waals surface area contributed by atoms with E-state index in [0.29, 0.717) is 13.2 Å². The van der Waals surface area contributed by atoms with Crippen molar-refractivity contribution in [2.45, 2.75) is 26.2 Å². The molecular formula is C15H20N2O3. The summed E-state index contributed by atoms with van der Waals surface area (Å²) in [6, 6.07) is 7.67. The predicted octanol–water partition coefficient (Wildman–Crippen LogP) is 2.10. The van der Waals surface area contributed by atoms with Crippen molar-refractivity contribution < 1.29 is 14.3 Å². The van der Waals surface area contributed by atoms with Gasteiger partial charge < -0.3 is 10.1 Å². The number of ether oxygens (including phenoxy) is 1. The van der Waals surface area contributed by atoms with Gasteiger partial charge in [0, 0.05) is 12.2 Å². The number of carbonyl (C=O) groups is 2. The van der Waals surface area contributed by atoms with Crippen LogP contribution in [0.15, 0.2) is 24.3 Å². The molecule has 0 aromatic heterocycles. The van der Waals surface area contributed by atoms with Crippen molar-refractivity contribution >= 4 is 17.7 Å². The van der Waals surface area contributed by atoms with E-state index in [2.05, 4.69) is 5.32 Å². The van der Waals surface area contributed by atoms with Crippen LogP contribution >= 0.6 is 0 Å². The van der Waals surface area contributed by atoms with Gasteiger partial charge in [0.05, 0.1) is 6.61 Å². The van der Waals surface area contributed by atoms with Gasteiger partial charge >= 0.3 is 12.0 Å². The molecule has 0 unspecified atom stereocenters. The molecule has 0 radical (unpaired) electrons. The maximum absolute atomic E-state index is 12.2. The van der Waals surface area contributed by atoms with E-state index in [4.69, 9.17) is 4.74 Å². The second kappa shape index (κ2) is 6.93. The van der Waals surface area contributed by atoms with Gasteiger partial charge in [0.15, 0.2) is 0 Å². The van der Waals surface area contributed by atoms with Crippen LogP contribution in [0.5, 0.6) is 0 Å². The van der Waals surface area contributed by atoms with Gasteiger partial charge in [0.2, 0.25) is 0 Å². The first kappa shape index (κ1) is 14.4. The van der Waals surface area contributed by atoms with Crippen molar-refractivity contribution in [1.82, 2.24) is 5.32 Å². The van der Waals surface area contributed by atoms with Crippen LogP contribution in [0, 0.1) is 0 Å². The number of rotatable bonds is 3. The van der Waals surface area contributed by atoms with E-state index in [1.807, 2.05) is 24.3 Å². The molecule has 1 N–H and O–H groups in total. The van der Waals surface area contributed by atoms with Crippen LogP contribution in [0.2, 0.25) is 0 Å². The lowest BCUT2D eigenvalue weighted by atomic mass is 10.1. The third-order valence-corrected chi connectivity index (χ3v) is 3.29. The zero-order valence-corrected chi connectivity index (χ0v) is 11.7. The zero-order valence-electron chi connectivity index (χ0n) is 11.7. The van der Waals surface area contributed by atoms with Crippen molar-refractivity contribution in [3.05, 3.63) is 29.8 Å². The van der Waals surface area contributed by atoms with Gasteiger partial charge in [-0.1, -0.05) is 18.2 Å². The third kappa shape index (κ3) is 3.50. The predicted molar refractivity (Wildman–Crippen MR) is 76.8 cm³/mol. The normalized spacial score (nSPS) is 14.2. The van der Waals surface area contributed by atoms with E-state index in [1.54, 1.807) is 11.8 Å². The highest BCUT2D eigenvalue weighted by Gasteiger charge is 2.21. The van der Waals surface area contributed by atoms with Gasteiger partial charge in [-0.3, -0.25) is 9.69 Å². The van der Waals surface area contributed by atoms with Crippen molar-refractivity contribution in [3.63, 3.8) is 0 Å². The maximum atomic E-state index is 12.2. The summed E-state index contributed by atoms with van der Waals surface area (Å²) in [6.45, 7) is 2.64. The van der Waals surface area contributed by atoms with E-state index in [9.17, 15) is 9.59 Å². The molecule has 0 saturated heterocycles. The fraction of sp³-hybridized carbons (Fsp3) is 0.467. The summed E-state index contributed by atoms with van der Waals surface area (Å²) in [5.41, 5.74) is 2.11. The molecule has 0 aliphatic carbocycles. The maximum Gasteiger partial charge on any atom is 0.325 e. The van der Waals surface area contributed by atoms with Crippen molar-refractivity contribution in [2.75, 3.05) is 24.6 Å². The number of nitrogens with one attached hydrogen (secondary N) is 1. The smallest absolute Gasteiger partial charge is 0.325 e. The van der Waals surface area contributed by atoms with Crippen molar-refractivity contribution in [2.24, 2.45) is 0 Å². The Morgan fingerprint density at radius 2 is 2.10 bits per heavy atom. The second-order valence-corrected chi connectivity index (χ2v) is 4.70. The molecule has 1 aromatic carbocycles. The standard InChI is InChI=1S/C15H20N2O3/c1-2-20-14(18)11-16-15(19)17-10-6-5-8-12-7-3-4-9-13(12)17/h3-4,7,9H,2,5-6,8,10-11H2,1H3,(H,16,19). The molecule has 0 saturated carbocycles. The molecule has 20 heavy (non-hydrogen) atoms. The number of aryl methyl sites for hydroxylation is 1. The Bertz CT molecular complexity index is 488. The van der Waals surface area contributed by atoms with Gasteiger partial charge in [-0.25, -0.2) is 4.79 Å². The number of esters is 1. The molecule has 0 spiro atoms. The van der Waals surface area contributed by atoms with Gasteiger partial charge in [0.25, 0.3) is 0 Å². The Balaban J connectivity index is 2.04. The fourth-order valence-electron chi connectivity index (χ4n) is 2.36. The molecular weight excluding hydrogens is 256 g/mol. The first-order valence-corrected chi connectivity index (χ1v) is 7.01. The summed E-state index contributed by atoms with van der Waals surface area (Å²) >= 11 is 0. The minimum Gasteiger partial charge on any atom is -0.465 e. The number of urea groups is 1. The Labute approximate surface area is 118 Å². The monoisotopic (exact) mass is 276 g/mol. The molecule has 0 atom stereocenters. The highest BCUT2D eigenvalue weighted by Crippen LogP contribution is 2.25. The van der Waals surface area contributed by atoms with E-state index in [0.717, 1.165) is 24.9 Å². The van der Waals surface area contributed by atoms with Crippen LogP contribution in [-0.2, 0) is 16.0 Å². The van der Waals surface area contributed by atoms with Crippen LogP contribution in [-0.4, -0.2) is 31.7 Å². The van der Waals surface area contributed by atoms with Crippen LogP contribution in [0.25, 0.3) is 0 Å². The first-order valence-electron chi connectivity index (χ1n) is 7.01. The number of benzene rings is 1. The van der Waals surface area contributed by atoms with E-state index >= 15 is 0 Å². The Kier molecular flexibility index (Phi) is 4.98. The summed E-state index contributed by atoms with van der Waals surface area (Å²) in [5, 5.41) is 2.62. The highest BCUT2D eigenvalue weighted by atomic mass is 16.5. The molecule has 2 rings (SSSR count). The number of carbonyl (C=O) groups excluding carboxylic acids is 2. The fourth-order valence-corrected chi connectivity index (χ4v) is 2.36. The third-order valence-electron chi connectivity index (χ3n) is 3.29. The Morgan fingerprint density at radius 3 is 2.90 bits per heavy atom. The summed E-state index contributed by atoms with van der Waals surface area (Å²) in [4.78, 5) is 25.2. The lowest BCUT2D eigenvalue weighted by Gasteiger charge is -2.23. The molecule has 108 valence electrons. The lowest BCUT2D eigenvalue weighted by molar-refractivity contribution is -0.141. The van der Waals surface area contributed by atoms with Gasteiger partial charge in [-0.05, 0) is 37.8 Å². The molecule has 1 aliphatic heterocycles. The van der Waals surface area contributed by atoms with Gasteiger partial charge in [-0.2, -0.15) is 0 Å². The number of hydrogen-bond acceptors (Lipinski definition) is 3. The van der Waals surface area contributed by atoms with Crippen molar-refractivity contribution in [3.8, 4) is 0 Å². The van der Waals surface area contributed by atoms with Crippen LogP contribution in [0.1, 0.15) is 25.3 Å². The molecule has 1 heterocycles. The Morgan fingerprint density at radius 1 is 1.30 bits per heavy atom. The first-order chi connectivity index (χ1) is 9.72. The Hall–Kier alpha value is -2.04. The number of hydrogen-bond donors (Lipinski definition) is 1. The molecule has 1 aromatic rings. The number of anilines is 1. The SMILES string of the molecule is CCOC(=O)CNC(=O)N1CCCCc2ccccc21. The van der Waals surface area contributed by atoms with Crippen LogP contribution in [0.4, 0.5) is 10.5 Å². The number of nitrogens with zero attached hydrogens (tertiary/aromatic N) is 1. The quantitative estimate of drug-likeness (QED) is 0.860. The topological polar surface area (TPSA) is 58.6 Å². The largest absolute Gasteiger partial charge is 0.465 e. The molecule has 5 nitrogen and oxygen atoms in total. The van der Waals surface area contributed by atoms with Crippen molar-refractivity contribution in [1.29, 1.82) is 0 Å². The molecule has 0 bridgehead atoms. The summed E-state index contributed by atoms with van der Waals surface area (Å²) in [7, 11) is 0. The number of fused-ring (bicyclic) bond motifs is 1.